The molecule has 2 fully saturated rings. The van der Waals surface area contributed by atoms with Gasteiger partial charge in [-0.25, -0.2) is 9.50 Å². The number of aryl methyl sites for hydroxylation is 1. The van der Waals surface area contributed by atoms with E-state index >= 15 is 0 Å². The van der Waals surface area contributed by atoms with Crippen molar-refractivity contribution in [1.82, 2.24) is 19.5 Å². The molecule has 0 aromatic carbocycles. The van der Waals surface area contributed by atoms with Crippen LogP contribution in [0.2, 0.25) is 0 Å². The van der Waals surface area contributed by atoms with Crippen LogP contribution in [0.15, 0.2) is 18.3 Å². The molecule has 2 aliphatic heterocycles. The number of carbonyl (C=O) groups is 1. The second kappa shape index (κ2) is 6.51. The van der Waals surface area contributed by atoms with Gasteiger partial charge < -0.3 is 9.64 Å². The number of piperidine rings is 1. The van der Waals surface area contributed by atoms with Gasteiger partial charge in [-0.15, -0.1) is 0 Å². The van der Waals surface area contributed by atoms with E-state index in [2.05, 4.69) is 18.1 Å². The van der Waals surface area contributed by atoms with Crippen LogP contribution >= 0.6 is 0 Å². The number of nitrogens with zero attached hydrogens (tertiary/aromatic N) is 4. The zero-order valence-corrected chi connectivity index (χ0v) is 14.1. The average molecular weight is 328 g/mol. The smallest absolute Gasteiger partial charge is 0.228 e. The van der Waals surface area contributed by atoms with Crippen LogP contribution in [0.3, 0.4) is 0 Å². The minimum atomic E-state index is 0.0683. The van der Waals surface area contributed by atoms with E-state index in [9.17, 15) is 4.79 Å². The first-order chi connectivity index (χ1) is 11.7. The SMILES string of the molecule is Cc1cc(C2CCN(C(=O)C3CCCOC3)CC2)nc2ccnn12. The van der Waals surface area contributed by atoms with Gasteiger partial charge in [0.2, 0.25) is 5.91 Å². The predicted octanol–water partition coefficient (Wildman–Crippen LogP) is 2.17. The summed E-state index contributed by atoms with van der Waals surface area (Å²) in [7, 11) is 0. The number of carbonyl (C=O) groups excluding carboxylic acids is 1. The number of hydrogen-bond acceptors (Lipinski definition) is 4. The molecule has 0 spiro atoms. The monoisotopic (exact) mass is 328 g/mol. The Balaban J connectivity index is 1.42. The molecular formula is C18H24N4O2. The second-order valence-corrected chi connectivity index (χ2v) is 6.94. The first-order valence-electron chi connectivity index (χ1n) is 8.90. The number of amides is 1. The third kappa shape index (κ3) is 2.90. The number of hydrogen-bond donors (Lipinski definition) is 0. The molecule has 0 radical (unpaired) electrons. The maximum atomic E-state index is 12.6. The summed E-state index contributed by atoms with van der Waals surface area (Å²) in [5.41, 5.74) is 3.15. The molecule has 1 amide bonds. The zero-order valence-electron chi connectivity index (χ0n) is 14.1. The van der Waals surface area contributed by atoms with E-state index in [0.29, 0.717) is 12.5 Å². The Morgan fingerprint density at radius 1 is 1.29 bits per heavy atom. The average Bonchev–Trinajstić information content (AvgIpc) is 3.11. The summed E-state index contributed by atoms with van der Waals surface area (Å²) >= 11 is 0. The van der Waals surface area contributed by atoms with Gasteiger partial charge in [0.25, 0.3) is 0 Å². The van der Waals surface area contributed by atoms with E-state index in [0.717, 1.165) is 62.4 Å². The molecule has 2 aliphatic rings. The summed E-state index contributed by atoms with van der Waals surface area (Å²) in [6.45, 7) is 5.11. The molecular weight excluding hydrogens is 304 g/mol. The van der Waals surface area contributed by atoms with Crippen molar-refractivity contribution in [3.8, 4) is 0 Å². The van der Waals surface area contributed by atoms with Gasteiger partial charge in [-0.2, -0.15) is 5.10 Å². The molecule has 1 atom stereocenters. The topological polar surface area (TPSA) is 59.7 Å². The van der Waals surface area contributed by atoms with Crippen molar-refractivity contribution in [3.63, 3.8) is 0 Å². The molecule has 2 aromatic heterocycles. The Morgan fingerprint density at radius 3 is 2.88 bits per heavy atom. The lowest BCUT2D eigenvalue weighted by atomic mass is 9.91. The van der Waals surface area contributed by atoms with E-state index < -0.39 is 0 Å². The fraction of sp³-hybridized carbons (Fsp3) is 0.611. The van der Waals surface area contributed by atoms with E-state index in [1.54, 1.807) is 6.20 Å². The molecule has 24 heavy (non-hydrogen) atoms. The quantitative estimate of drug-likeness (QED) is 0.848. The number of aromatic nitrogens is 3. The van der Waals surface area contributed by atoms with Gasteiger partial charge in [0.05, 0.1) is 18.7 Å². The van der Waals surface area contributed by atoms with Crippen LogP contribution in [-0.4, -0.2) is 51.7 Å². The van der Waals surface area contributed by atoms with Crippen LogP contribution in [0, 0.1) is 12.8 Å². The van der Waals surface area contributed by atoms with Crippen molar-refractivity contribution in [2.24, 2.45) is 5.92 Å². The maximum absolute atomic E-state index is 12.6. The molecule has 6 heteroatoms. The first kappa shape index (κ1) is 15.6. The molecule has 128 valence electrons. The van der Waals surface area contributed by atoms with Gasteiger partial charge in [-0.05, 0) is 38.7 Å². The van der Waals surface area contributed by atoms with Gasteiger partial charge >= 0.3 is 0 Å². The lowest BCUT2D eigenvalue weighted by Crippen LogP contribution is -2.43. The Hall–Kier alpha value is -1.95. The van der Waals surface area contributed by atoms with Crippen LogP contribution in [0.5, 0.6) is 0 Å². The van der Waals surface area contributed by atoms with Gasteiger partial charge in [0, 0.05) is 43.1 Å². The summed E-state index contributed by atoms with van der Waals surface area (Å²) in [5, 5.41) is 4.28. The van der Waals surface area contributed by atoms with Crippen molar-refractivity contribution in [2.45, 2.75) is 38.5 Å². The predicted molar refractivity (Wildman–Crippen MR) is 89.8 cm³/mol. The van der Waals surface area contributed by atoms with Gasteiger partial charge in [-0.3, -0.25) is 4.79 Å². The maximum Gasteiger partial charge on any atom is 0.228 e. The lowest BCUT2D eigenvalue weighted by Gasteiger charge is -2.35. The van der Waals surface area contributed by atoms with Gasteiger partial charge in [0.15, 0.2) is 5.65 Å². The molecule has 0 saturated carbocycles. The summed E-state index contributed by atoms with van der Waals surface area (Å²) in [6, 6.07) is 4.08. The van der Waals surface area contributed by atoms with Crippen molar-refractivity contribution >= 4 is 11.6 Å². The Labute approximate surface area is 141 Å². The van der Waals surface area contributed by atoms with E-state index in [-0.39, 0.29) is 11.8 Å². The van der Waals surface area contributed by atoms with Crippen LogP contribution in [0.25, 0.3) is 5.65 Å². The van der Waals surface area contributed by atoms with Crippen molar-refractivity contribution in [2.75, 3.05) is 26.3 Å². The summed E-state index contributed by atoms with van der Waals surface area (Å²) in [4.78, 5) is 19.4. The van der Waals surface area contributed by atoms with E-state index in [1.165, 1.54) is 0 Å². The van der Waals surface area contributed by atoms with Gasteiger partial charge in [-0.1, -0.05) is 0 Å². The normalized spacial score (nSPS) is 22.9. The number of rotatable bonds is 2. The summed E-state index contributed by atoms with van der Waals surface area (Å²) in [6.07, 6.45) is 5.72. The first-order valence-corrected chi connectivity index (χ1v) is 8.90. The van der Waals surface area contributed by atoms with Crippen molar-refractivity contribution in [1.29, 1.82) is 0 Å². The highest BCUT2D eigenvalue weighted by Crippen LogP contribution is 2.29. The second-order valence-electron chi connectivity index (χ2n) is 6.94. The lowest BCUT2D eigenvalue weighted by molar-refractivity contribution is -0.140. The third-order valence-electron chi connectivity index (χ3n) is 5.29. The molecule has 2 aromatic rings. The molecule has 0 aliphatic carbocycles. The number of fused-ring (bicyclic) bond motifs is 1. The fourth-order valence-electron chi connectivity index (χ4n) is 3.89. The molecule has 0 N–H and O–H groups in total. The summed E-state index contributed by atoms with van der Waals surface area (Å²) < 4.78 is 7.33. The van der Waals surface area contributed by atoms with E-state index in [4.69, 9.17) is 9.72 Å². The highest BCUT2D eigenvalue weighted by atomic mass is 16.5. The number of ether oxygens (including phenoxy) is 1. The molecule has 6 nitrogen and oxygen atoms in total. The van der Waals surface area contributed by atoms with Crippen LogP contribution in [0.1, 0.15) is 43.0 Å². The fourth-order valence-corrected chi connectivity index (χ4v) is 3.89. The highest BCUT2D eigenvalue weighted by Gasteiger charge is 2.30. The standard InChI is InChI=1S/C18H24N4O2/c1-13-11-16(20-17-4-7-19-22(13)17)14-5-8-21(9-6-14)18(23)15-3-2-10-24-12-15/h4,7,11,14-15H,2-3,5-6,8-10,12H2,1H3. The molecule has 2 saturated heterocycles. The Kier molecular flexibility index (Phi) is 4.22. The zero-order chi connectivity index (χ0) is 16.5. The van der Waals surface area contributed by atoms with Crippen LogP contribution < -0.4 is 0 Å². The van der Waals surface area contributed by atoms with E-state index in [1.807, 2.05) is 15.5 Å². The van der Waals surface area contributed by atoms with Crippen molar-refractivity contribution in [3.05, 3.63) is 29.7 Å². The largest absolute Gasteiger partial charge is 0.381 e. The third-order valence-corrected chi connectivity index (χ3v) is 5.29. The highest BCUT2D eigenvalue weighted by molar-refractivity contribution is 5.79. The molecule has 4 rings (SSSR count). The van der Waals surface area contributed by atoms with Crippen molar-refractivity contribution < 1.29 is 9.53 Å². The van der Waals surface area contributed by atoms with Gasteiger partial charge in [0.1, 0.15) is 0 Å². The Bertz CT molecular complexity index is 728. The number of likely N-dealkylation sites (tertiary alicyclic amines) is 1. The molecule has 4 heterocycles. The minimum Gasteiger partial charge on any atom is -0.381 e. The van der Waals surface area contributed by atoms with Crippen LogP contribution in [0.4, 0.5) is 0 Å². The van der Waals surface area contributed by atoms with Crippen LogP contribution in [-0.2, 0) is 9.53 Å². The summed E-state index contributed by atoms with van der Waals surface area (Å²) in [5.74, 6) is 0.776. The Morgan fingerprint density at radius 2 is 2.12 bits per heavy atom. The molecule has 0 bridgehead atoms. The minimum absolute atomic E-state index is 0.0683. The molecule has 1 unspecified atom stereocenters.